The molecule has 0 fully saturated rings. The second kappa shape index (κ2) is 5.87. The third-order valence-corrected chi connectivity index (χ3v) is 3.31. The van der Waals surface area contributed by atoms with E-state index in [1.54, 1.807) is 7.11 Å². The Hall–Kier alpha value is -1.55. The van der Waals surface area contributed by atoms with E-state index in [9.17, 15) is 4.79 Å². The molecule has 1 aromatic rings. The number of hydrogen-bond acceptors (Lipinski definition) is 4. The normalized spacial score (nSPS) is 12.1. The number of benzene rings is 1. The maximum atomic E-state index is 11.3. The van der Waals surface area contributed by atoms with Crippen molar-refractivity contribution in [2.75, 3.05) is 14.2 Å². The van der Waals surface area contributed by atoms with Crippen LogP contribution >= 0.6 is 0 Å². The molecule has 4 nitrogen and oxygen atoms in total. The highest BCUT2D eigenvalue weighted by atomic mass is 16.5. The molecule has 1 unspecified atom stereocenters. The van der Waals surface area contributed by atoms with Gasteiger partial charge in [-0.1, -0.05) is 0 Å². The second-order valence-corrected chi connectivity index (χ2v) is 4.45. The number of aryl methyl sites for hydroxylation is 1. The van der Waals surface area contributed by atoms with Gasteiger partial charge < -0.3 is 15.2 Å². The zero-order valence-corrected chi connectivity index (χ0v) is 11.7. The van der Waals surface area contributed by atoms with Crippen LogP contribution in [0.3, 0.4) is 0 Å². The molecule has 2 N–H and O–H groups in total. The van der Waals surface area contributed by atoms with Gasteiger partial charge in [-0.15, -0.1) is 0 Å². The van der Waals surface area contributed by atoms with Crippen LogP contribution in [0.4, 0.5) is 0 Å². The van der Waals surface area contributed by atoms with E-state index in [1.165, 1.54) is 7.11 Å². The van der Waals surface area contributed by atoms with Gasteiger partial charge in [0.15, 0.2) is 0 Å². The van der Waals surface area contributed by atoms with Crippen LogP contribution in [-0.2, 0) is 9.53 Å². The summed E-state index contributed by atoms with van der Waals surface area (Å²) in [4.78, 5) is 11.3. The fourth-order valence-electron chi connectivity index (χ4n) is 2.21. The molecule has 1 atom stereocenters. The SMILES string of the molecule is COC(=O)CC(N)c1c(C)cc(OC)c(C)c1C. The molecule has 18 heavy (non-hydrogen) atoms. The number of methoxy groups -OCH3 is 2. The number of esters is 1. The summed E-state index contributed by atoms with van der Waals surface area (Å²) in [6.07, 6.45) is 0.184. The van der Waals surface area contributed by atoms with Gasteiger partial charge >= 0.3 is 5.97 Å². The van der Waals surface area contributed by atoms with Gasteiger partial charge in [-0.2, -0.15) is 0 Å². The van der Waals surface area contributed by atoms with Crippen molar-refractivity contribution < 1.29 is 14.3 Å². The minimum atomic E-state index is -0.345. The van der Waals surface area contributed by atoms with Crippen molar-refractivity contribution in [1.29, 1.82) is 0 Å². The van der Waals surface area contributed by atoms with Gasteiger partial charge in [0.25, 0.3) is 0 Å². The van der Waals surface area contributed by atoms with Gasteiger partial charge in [-0.3, -0.25) is 4.79 Å². The molecular weight excluding hydrogens is 230 g/mol. The van der Waals surface area contributed by atoms with Crippen molar-refractivity contribution in [3.63, 3.8) is 0 Å². The quantitative estimate of drug-likeness (QED) is 0.833. The molecule has 0 aliphatic heterocycles. The first-order valence-electron chi connectivity index (χ1n) is 5.89. The molecule has 1 rings (SSSR count). The summed E-state index contributed by atoms with van der Waals surface area (Å²) < 4.78 is 9.96. The van der Waals surface area contributed by atoms with E-state index in [1.807, 2.05) is 26.8 Å². The van der Waals surface area contributed by atoms with E-state index in [0.29, 0.717) is 0 Å². The molecule has 0 spiro atoms. The Labute approximate surface area is 108 Å². The molecule has 0 radical (unpaired) electrons. The average Bonchev–Trinajstić information content (AvgIpc) is 2.33. The summed E-state index contributed by atoms with van der Waals surface area (Å²) >= 11 is 0. The van der Waals surface area contributed by atoms with Crippen molar-refractivity contribution in [3.05, 3.63) is 28.3 Å². The summed E-state index contributed by atoms with van der Waals surface area (Å²) in [7, 11) is 3.02. The summed E-state index contributed by atoms with van der Waals surface area (Å²) in [6.45, 7) is 5.96. The van der Waals surface area contributed by atoms with E-state index in [2.05, 4.69) is 4.74 Å². The molecular formula is C14H21NO3. The highest BCUT2D eigenvalue weighted by Gasteiger charge is 2.19. The zero-order chi connectivity index (χ0) is 13.9. The van der Waals surface area contributed by atoms with Crippen molar-refractivity contribution >= 4 is 5.97 Å². The molecule has 100 valence electrons. The Morgan fingerprint density at radius 2 is 1.89 bits per heavy atom. The van der Waals surface area contributed by atoms with E-state index < -0.39 is 0 Å². The average molecular weight is 251 g/mol. The number of rotatable bonds is 4. The van der Waals surface area contributed by atoms with Crippen LogP contribution in [0.2, 0.25) is 0 Å². The van der Waals surface area contributed by atoms with Gasteiger partial charge in [0.1, 0.15) is 5.75 Å². The van der Waals surface area contributed by atoms with Crippen molar-refractivity contribution in [3.8, 4) is 5.75 Å². The second-order valence-electron chi connectivity index (χ2n) is 4.45. The van der Waals surface area contributed by atoms with Crippen molar-refractivity contribution in [2.24, 2.45) is 5.73 Å². The maximum absolute atomic E-state index is 11.3. The smallest absolute Gasteiger partial charge is 0.307 e. The predicted octanol–water partition coefficient (Wildman–Crippen LogP) is 2.18. The lowest BCUT2D eigenvalue weighted by Crippen LogP contribution is -2.19. The van der Waals surface area contributed by atoms with E-state index in [-0.39, 0.29) is 18.4 Å². The molecule has 4 heteroatoms. The molecule has 0 aromatic heterocycles. The van der Waals surface area contributed by atoms with Crippen LogP contribution in [0, 0.1) is 20.8 Å². The highest BCUT2D eigenvalue weighted by molar-refractivity contribution is 5.70. The molecule has 0 aliphatic carbocycles. The first kappa shape index (κ1) is 14.5. The highest BCUT2D eigenvalue weighted by Crippen LogP contribution is 2.31. The Bertz CT molecular complexity index is 455. The number of carbonyl (C=O) groups is 1. The van der Waals surface area contributed by atoms with Gasteiger partial charge in [-0.05, 0) is 49.1 Å². The molecule has 0 aliphatic rings. The van der Waals surface area contributed by atoms with Gasteiger partial charge in [0.2, 0.25) is 0 Å². The third kappa shape index (κ3) is 2.82. The summed E-state index contributed by atoms with van der Waals surface area (Å²) in [6, 6.07) is 1.61. The molecule has 0 saturated carbocycles. The first-order valence-corrected chi connectivity index (χ1v) is 5.89. The lowest BCUT2D eigenvalue weighted by molar-refractivity contribution is -0.141. The van der Waals surface area contributed by atoms with Crippen LogP contribution in [0.25, 0.3) is 0 Å². The van der Waals surface area contributed by atoms with Crippen LogP contribution in [0.1, 0.15) is 34.7 Å². The van der Waals surface area contributed by atoms with Crippen LogP contribution in [-0.4, -0.2) is 20.2 Å². The minimum Gasteiger partial charge on any atom is -0.496 e. The Kier molecular flexibility index (Phi) is 4.73. The van der Waals surface area contributed by atoms with Gasteiger partial charge in [0.05, 0.1) is 20.6 Å². The fraction of sp³-hybridized carbons (Fsp3) is 0.500. The Morgan fingerprint density at radius 3 is 2.39 bits per heavy atom. The van der Waals surface area contributed by atoms with Gasteiger partial charge in [-0.25, -0.2) is 0 Å². The number of nitrogens with two attached hydrogens (primary N) is 1. The summed E-state index contributed by atoms with van der Waals surface area (Å²) in [5.41, 5.74) is 10.3. The lowest BCUT2D eigenvalue weighted by atomic mass is 9.91. The standard InChI is InChI=1S/C14H21NO3/c1-8-6-12(17-4)9(2)10(3)14(8)11(15)7-13(16)18-5/h6,11H,7,15H2,1-5H3. The van der Waals surface area contributed by atoms with E-state index >= 15 is 0 Å². The Morgan fingerprint density at radius 1 is 1.28 bits per heavy atom. The third-order valence-electron chi connectivity index (χ3n) is 3.31. The minimum absolute atomic E-state index is 0.184. The first-order chi connectivity index (χ1) is 8.42. The van der Waals surface area contributed by atoms with E-state index in [0.717, 1.165) is 28.0 Å². The molecule has 0 amide bonds. The topological polar surface area (TPSA) is 61.5 Å². The van der Waals surface area contributed by atoms with Crippen molar-refractivity contribution in [1.82, 2.24) is 0 Å². The zero-order valence-electron chi connectivity index (χ0n) is 11.7. The number of ether oxygens (including phenoxy) is 2. The van der Waals surface area contributed by atoms with Gasteiger partial charge in [0, 0.05) is 6.04 Å². The largest absolute Gasteiger partial charge is 0.496 e. The van der Waals surface area contributed by atoms with Crippen LogP contribution in [0.5, 0.6) is 5.75 Å². The molecule has 0 heterocycles. The van der Waals surface area contributed by atoms with Crippen LogP contribution < -0.4 is 10.5 Å². The van der Waals surface area contributed by atoms with E-state index in [4.69, 9.17) is 10.5 Å². The number of carbonyl (C=O) groups excluding carboxylic acids is 1. The van der Waals surface area contributed by atoms with Crippen molar-refractivity contribution in [2.45, 2.75) is 33.2 Å². The number of hydrogen-bond donors (Lipinski definition) is 1. The Balaban J connectivity index is 3.17. The molecule has 1 aromatic carbocycles. The molecule has 0 saturated heterocycles. The molecule has 0 bridgehead atoms. The summed E-state index contributed by atoms with van der Waals surface area (Å²) in [5.74, 6) is 0.550. The van der Waals surface area contributed by atoms with Crippen LogP contribution in [0.15, 0.2) is 6.07 Å². The predicted molar refractivity (Wildman–Crippen MR) is 70.8 cm³/mol. The summed E-state index contributed by atoms with van der Waals surface area (Å²) in [5, 5.41) is 0. The maximum Gasteiger partial charge on any atom is 0.307 e. The fourth-order valence-corrected chi connectivity index (χ4v) is 2.21. The lowest BCUT2D eigenvalue weighted by Gasteiger charge is -2.20. The monoisotopic (exact) mass is 251 g/mol.